The molecule has 3 rings (SSSR count). The molecule has 0 spiro atoms. The lowest BCUT2D eigenvalue weighted by molar-refractivity contribution is -0.125. The summed E-state index contributed by atoms with van der Waals surface area (Å²) in [6.45, 7) is 2.49. The smallest absolute Gasteiger partial charge is 0.223 e. The van der Waals surface area contributed by atoms with Gasteiger partial charge in [-0.2, -0.15) is 0 Å². The van der Waals surface area contributed by atoms with Gasteiger partial charge >= 0.3 is 0 Å². The number of hydrogen-bond acceptors (Lipinski definition) is 3. The quantitative estimate of drug-likeness (QED) is 0.906. The Bertz CT molecular complexity index is 664. The number of hydrogen-bond donors (Lipinski definition) is 2. The van der Waals surface area contributed by atoms with Gasteiger partial charge in [-0.05, 0) is 37.8 Å². The van der Waals surface area contributed by atoms with Crippen molar-refractivity contribution in [1.29, 1.82) is 0 Å². The maximum absolute atomic E-state index is 12.2. The molecule has 0 aliphatic heterocycles. The predicted octanol–water partition coefficient (Wildman–Crippen LogP) is 1.92. The normalized spacial score (nSPS) is 21.0. The van der Waals surface area contributed by atoms with Gasteiger partial charge in [0, 0.05) is 30.9 Å². The molecule has 1 aromatic carbocycles. The summed E-state index contributed by atoms with van der Waals surface area (Å²) in [5.74, 6) is 1.11. The van der Waals surface area contributed by atoms with Gasteiger partial charge in [-0.1, -0.05) is 18.2 Å². The van der Waals surface area contributed by atoms with Crippen LogP contribution in [0, 0.1) is 12.8 Å². The Morgan fingerprint density at radius 2 is 2.23 bits per heavy atom. The molecule has 2 aromatic rings. The van der Waals surface area contributed by atoms with Crippen LogP contribution in [-0.2, 0) is 11.3 Å². The molecule has 2 atom stereocenters. The van der Waals surface area contributed by atoms with Crippen LogP contribution in [0.1, 0.15) is 30.7 Å². The predicted molar refractivity (Wildman–Crippen MR) is 85.5 cm³/mol. The van der Waals surface area contributed by atoms with E-state index in [2.05, 4.69) is 10.3 Å². The van der Waals surface area contributed by atoms with Gasteiger partial charge in [0.1, 0.15) is 5.82 Å². The second-order valence-corrected chi connectivity index (χ2v) is 5.96. The first-order valence-corrected chi connectivity index (χ1v) is 7.76. The number of nitrogens with one attached hydrogen (secondary N) is 1. The molecule has 1 saturated carbocycles. The van der Waals surface area contributed by atoms with Gasteiger partial charge in [0.2, 0.25) is 5.91 Å². The van der Waals surface area contributed by atoms with Crippen LogP contribution in [0.25, 0.3) is 5.69 Å². The van der Waals surface area contributed by atoms with Gasteiger partial charge in [0.15, 0.2) is 0 Å². The number of rotatable bonds is 4. The highest BCUT2D eigenvalue weighted by Gasteiger charge is 2.27. The van der Waals surface area contributed by atoms with Crippen LogP contribution in [-0.4, -0.2) is 21.5 Å². The van der Waals surface area contributed by atoms with Crippen molar-refractivity contribution < 1.29 is 4.79 Å². The summed E-state index contributed by atoms with van der Waals surface area (Å²) in [5.41, 5.74) is 8.02. The van der Waals surface area contributed by atoms with E-state index in [1.165, 1.54) is 0 Å². The van der Waals surface area contributed by atoms with E-state index in [0.29, 0.717) is 6.54 Å². The fraction of sp³-hybridized carbons (Fsp3) is 0.412. The first kappa shape index (κ1) is 14.8. The fourth-order valence-corrected chi connectivity index (χ4v) is 3.11. The molecular formula is C17H22N4O. The van der Waals surface area contributed by atoms with Gasteiger partial charge in [0.25, 0.3) is 0 Å². The number of para-hydroxylation sites is 1. The maximum Gasteiger partial charge on any atom is 0.223 e. The molecule has 3 N–H and O–H groups in total. The summed E-state index contributed by atoms with van der Waals surface area (Å²) in [7, 11) is 0. The highest BCUT2D eigenvalue weighted by atomic mass is 16.1. The molecule has 1 fully saturated rings. The van der Waals surface area contributed by atoms with E-state index in [9.17, 15) is 4.79 Å². The molecule has 1 heterocycles. The number of nitrogens with two attached hydrogens (primary N) is 1. The molecular weight excluding hydrogens is 276 g/mol. The maximum atomic E-state index is 12.2. The van der Waals surface area contributed by atoms with Crippen LogP contribution in [0.5, 0.6) is 0 Å². The number of aryl methyl sites for hydroxylation is 1. The van der Waals surface area contributed by atoms with E-state index in [0.717, 1.165) is 36.3 Å². The zero-order chi connectivity index (χ0) is 15.5. The van der Waals surface area contributed by atoms with Crippen LogP contribution >= 0.6 is 0 Å². The van der Waals surface area contributed by atoms with Gasteiger partial charge in [-0.25, -0.2) is 4.98 Å². The van der Waals surface area contributed by atoms with Crippen LogP contribution in [0.15, 0.2) is 36.7 Å². The molecule has 1 aromatic heterocycles. The second-order valence-electron chi connectivity index (χ2n) is 5.96. The number of aromatic nitrogens is 2. The third kappa shape index (κ3) is 3.04. The number of amides is 1. The third-order valence-electron chi connectivity index (χ3n) is 4.37. The Morgan fingerprint density at radius 1 is 1.41 bits per heavy atom. The summed E-state index contributed by atoms with van der Waals surface area (Å²) < 4.78 is 2.03. The van der Waals surface area contributed by atoms with E-state index in [-0.39, 0.29) is 17.9 Å². The molecule has 116 valence electrons. The minimum atomic E-state index is 0.0668. The molecule has 0 bridgehead atoms. The largest absolute Gasteiger partial charge is 0.352 e. The SMILES string of the molecule is Cc1nccn1-c1ccccc1CNC(=O)C1CCC(N)C1. The molecule has 0 saturated heterocycles. The lowest BCUT2D eigenvalue weighted by atomic mass is 10.1. The number of imidazole rings is 1. The van der Waals surface area contributed by atoms with Crippen molar-refractivity contribution in [2.45, 2.75) is 38.8 Å². The number of carbonyl (C=O) groups is 1. The van der Waals surface area contributed by atoms with E-state index in [4.69, 9.17) is 5.73 Å². The Hall–Kier alpha value is -2.14. The summed E-state index contributed by atoms with van der Waals surface area (Å²) >= 11 is 0. The van der Waals surface area contributed by atoms with Gasteiger partial charge < -0.3 is 15.6 Å². The highest BCUT2D eigenvalue weighted by Crippen LogP contribution is 2.24. The Labute approximate surface area is 130 Å². The van der Waals surface area contributed by atoms with Crippen molar-refractivity contribution in [1.82, 2.24) is 14.9 Å². The van der Waals surface area contributed by atoms with Crippen molar-refractivity contribution in [2.75, 3.05) is 0 Å². The van der Waals surface area contributed by atoms with Crippen LogP contribution < -0.4 is 11.1 Å². The van der Waals surface area contributed by atoms with Crippen LogP contribution in [0.2, 0.25) is 0 Å². The number of nitrogens with zero attached hydrogens (tertiary/aromatic N) is 2. The van der Waals surface area contributed by atoms with Gasteiger partial charge in [0.05, 0.1) is 5.69 Å². The topological polar surface area (TPSA) is 72.9 Å². The fourth-order valence-electron chi connectivity index (χ4n) is 3.11. The van der Waals surface area contributed by atoms with Crippen molar-refractivity contribution in [3.8, 4) is 5.69 Å². The second kappa shape index (κ2) is 6.32. The molecule has 1 amide bonds. The molecule has 5 nitrogen and oxygen atoms in total. The van der Waals surface area contributed by atoms with Crippen molar-refractivity contribution in [3.63, 3.8) is 0 Å². The van der Waals surface area contributed by atoms with Crippen LogP contribution in [0.4, 0.5) is 0 Å². The highest BCUT2D eigenvalue weighted by molar-refractivity contribution is 5.79. The first-order valence-electron chi connectivity index (χ1n) is 7.76. The first-order chi connectivity index (χ1) is 10.6. The summed E-state index contributed by atoms with van der Waals surface area (Å²) in [6.07, 6.45) is 6.36. The lowest BCUT2D eigenvalue weighted by Gasteiger charge is -2.14. The molecule has 0 radical (unpaired) electrons. The molecule has 22 heavy (non-hydrogen) atoms. The number of carbonyl (C=O) groups excluding carboxylic acids is 1. The van der Waals surface area contributed by atoms with E-state index in [1.54, 1.807) is 6.20 Å². The van der Waals surface area contributed by atoms with E-state index >= 15 is 0 Å². The Kier molecular flexibility index (Phi) is 4.24. The van der Waals surface area contributed by atoms with Crippen molar-refractivity contribution in [3.05, 3.63) is 48.0 Å². The van der Waals surface area contributed by atoms with E-state index < -0.39 is 0 Å². The summed E-state index contributed by atoms with van der Waals surface area (Å²) in [4.78, 5) is 16.5. The molecule has 5 heteroatoms. The number of benzene rings is 1. The minimum absolute atomic E-state index is 0.0668. The molecule has 1 aliphatic rings. The monoisotopic (exact) mass is 298 g/mol. The summed E-state index contributed by atoms with van der Waals surface area (Å²) in [5, 5.41) is 3.06. The zero-order valence-corrected chi connectivity index (χ0v) is 12.8. The van der Waals surface area contributed by atoms with Crippen molar-refractivity contribution in [2.24, 2.45) is 11.7 Å². The van der Waals surface area contributed by atoms with Crippen LogP contribution in [0.3, 0.4) is 0 Å². The average molecular weight is 298 g/mol. The lowest BCUT2D eigenvalue weighted by Crippen LogP contribution is -2.30. The van der Waals surface area contributed by atoms with E-state index in [1.807, 2.05) is 42.0 Å². The Morgan fingerprint density at radius 3 is 2.91 bits per heavy atom. The van der Waals surface area contributed by atoms with Gasteiger partial charge in [-0.3, -0.25) is 4.79 Å². The van der Waals surface area contributed by atoms with Crippen molar-refractivity contribution >= 4 is 5.91 Å². The standard InChI is InChI=1S/C17H22N4O/c1-12-19-8-9-21(12)16-5-3-2-4-14(16)11-20-17(22)13-6-7-15(18)10-13/h2-5,8-9,13,15H,6-7,10-11,18H2,1H3,(H,20,22). The summed E-state index contributed by atoms with van der Waals surface area (Å²) in [6, 6.07) is 8.24. The average Bonchev–Trinajstić information content (AvgIpc) is 3.14. The van der Waals surface area contributed by atoms with Gasteiger partial charge in [-0.15, -0.1) is 0 Å². The zero-order valence-electron chi connectivity index (χ0n) is 12.8. The Balaban J connectivity index is 1.71. The molecule has 2 unspecified atom stereocenters. The minimum Gasteiger partial charge on any atom is -0.352 e. The molecule has 1 aliphatic carbocycles. The third-order valence-corrected chi connectivity index (χ3v) is 4.37.